The van der Waals surface area contributed by atoms with Crippen molar-refractivity contribution in [2.75, 3.05) is 6.61 Å². The van der Waals surface area contributed by atoms with Gasteiger partial charge in [-0.2, -0.15) is 0 Å². The lowest BCUT2D eigenvalue weighted by molar-refractivity contribution is 0.152. The highest BCUT2D eigenvalue weighted by Gasteiger charge is 1.89. The molecule has 0 saturated heterocycles. The number of hydrogen-bond donors (Lipinski definition) is 2. The third-order valence-electron chi connectivity index (χ3n) is 0.819. The molecule has 0 aliphatic heterocycles. The Labute approximate surface area is 70.5 Å². The average Bonchev–Trinajstić information content (AvgIpc) is 2.62. The zero-order chi connectivity index (χ0) is 9.23. The Kier molecular flexibility index (Phi) is 6.67. The summed E-state index contributed by atoms with van der Waals surface area (Å²) in [5, 5.41) is 0. The second-order valence-electron chi connectivity index (χ2n) is 1.66. The molecular formula is C7H12N2O3. The van der Waals surface area contributed by atoms with E-state index in [0.29, 0.717) is 6.61 Å². The number of ether oxygens (including phenoxy) is 1. The number of furan rings is 1. The van der Waals surface area contributed by atoms with Gasteiger partial charge in [0, 0.05) is 0 Å². The average molecular weight is 172 g/mol. The quantitative estimate of drug-likeness (QED) is 0.374. The predicted octanol–water partition coefficient (Wildman–Crippen LogP) is 0.886. The van der Waals surface area contributed by atoms with Gasteiger partial charge in [0.25, 0.3) is 0 Å². The summed E-state index contributed by atoms with van der Waals surface area (Å²) in [6.07, 6.45) is 2.66. The molecule has 3 N–H and O–H groups in total. The second kappa shape index (κ2) is 7.62. The fourth-order valence-corrected chi connectivity index (χ4v) is 0.400. The molecule has 1 aromatic heterocycles. The Morgan fingerprint density at radius 2 is 2.17 bits per heavy atom. The third-order valence-corrected chi connectivity index (χ3v) is 0.819. The van der Waals surface area contributed by atoms with E-state index in [1.807, 2.05) is 12.1 Å². The molecule has 1 aromatic rings. The van der Waals surface area contributed by atoms with Crippen molar-refractivity contribution < 1.29 is 13.9 Å². The predicted molar refractivity (Wildman–Crippen MR) is 43.1 cm³/mol. The molecular weight excluding hydrogens is 160 g/mol. The van der Waals surface area contributed by atoms with Gasteiger partial charge in [0.15, 0.2) is 0 Å². The first-order chi connectivity index (χ1) is 5.81. The summed E-state index contributed by atoms with van der Waals surface area (Å²) in [6.45, 7) is 2.05. The molecule has 0 bridgehead atoms. The highest BCUT2D eigenvalue weighted by atomic mass is 16.5. The van der Waals surface area contributed by atoms with Gasteiger partial charge in [-0.05, 0) is 19.1 Å². The molecule has 0 atom stereocenters. The number of hydrazine groups is 1. The van der Waals surface area contributed by atoms with Crippen LogP contribution in [0.1, 0.15) is 6.92 Å². The van der Waals surface area contributed by atoms with Crippen molar-refractivity contribution in [1.29, 1.82) is 0 Å². The van der Waals surface area contributed by atoms with Gasteiger partial charge in [-0.15, -0.1) is 0 Å². The van der Waals surface area contributed by atoms with Crippen LogP contribution in [0, 0.1) is 0 Å². The fourth-order valence-electron chi connectivity index (χ4n) is 0.400. The SMILES string of the molecule is CCOC(=O)NN.c1ccoc1. The van der Waals surface area contributed by atoms with Crippen LogP contribution in [0.4, 0.5) is 4.79 Å². The summed E-state index contributed by atoms with van der Waals surface area (Å²) in [5.41, 5.74) is 1.80. The number of rotatable bonds is 1. The highest BCUT2D eigenvalue weighted by Crippen LogP contribution is 1.79. The molecule has 1 rings (SSSR count). The minimum atomic E-state index is -0.595. The lowest BCUT2D eigenvalue weighted by atomic mass is 10.7. The summed E-state index contributed by atoms with van der Waals surface area (Å²) < 4.78 is 8.90. The van der Waals surface area contributed by atoms with Gasteiger partial charge in [-0.25, -0.2) is 10.6 Å². The van der Waals surface area contributed by atoms with Crippen molar-refractivity contribution in [2.45, 2.75) is 6.92 Å². The molecule has 0 spiro atoms. The highest BCUT2D eigenvalue weighted by molar-refractivity contribution is 5.66. The van der Waals surface area contributed by atoms with Gasteiger partial charge in [0.1, 0.15) is 0 Å². The first-order valence-electron chi connectivity index (χ1n) is 3.41. The second-order valence-corrected chi connectivity index (χ2v) is 1.66. The molecule has 1 amide bonds. The number of nitrogens with two attached hydrogens (primary N) is 1. The molecule has 0 aliphatic carbocycles. The van der Waals surface area contributed by atoms with E-state index in [9.17, 15) is 4.79 Å². The molecule has 5 nitrogen and oxygen atoms in total. The minimum Gasteiger partial charge on any atom is -0.473 e. The molecule has 68 valence electrons. The molecule has 0 aliphatic rings. The molecule has 12 heavy (non-hydrogen) atoms. The van der Waals surface area contributed by atoms with Gasteiger partial charge >= 0.3 is 6.09 Å². The minimum absolute atomic E-state index is 0.350. The first kappa shape index (κ1) is 10.5. The Balaban J connectivity index is 0.000000211. The van der Waals surface area contributed by atoms with Crippen LogP contribution >= 0.6 is 0 Å². The Morgan fingerprint density at radius 1 is 1.58 bits per heavy atom. The Bertz CT molecular complexity index is 169. The van der Waals surface area contributed by atoms with Crippen molar-refractivity contribution in [2.24, 2.45) is 5.84 Å². The smallest absolute Gasteiger partial charge is 0.421 e. The summed E-state index contributed by atoms with van der Waals surface area (Å²) in [6, 6.07) is 3.67. The van der Waals surface area contributed by atoms with Gasteiger partial charge in [-0.3, -0.25) is 5.43 Å². The maximum Gasteiger partial charge on any atom is 0.421 e. The van der Waals surface area contributed by atoms with Crippen molar-refractivity contribution in [3.63, 3.8) is 0 Å². The van der Waals surface area contributed by atoms with Crippen molar-refractivity contribution in [3.8, 4) is 0 Å². The number of carbonyl (C=O) groups is 1. The molecule has 0 saturated carbocycles. The third kappa shape index (κ3) is 6.63. The van der Waals surface area contributed by atoms with Gasteiger partial charge in [-0.1, -0.05) is 0 Å². The van der Waals surface area contributed by atoms with Crippen LogP contribution < -0.4 is 11.3 Å². The van der Waals surface area contributed by atoms with E-state index in [1.165, 1.54) is 0 Å². The maximum absolute atomic E-state index is 9.95. The molecule has 5 heteroatoms. The van der Waals surface area contributed by atoms with E-state index in [2.05, 4.69) is 15.0 Å². The van der Waals surface area contributed by atoms with Crippen molar-refractivity contribution >= 4 is 6.09 Å². The van der Waals surface area contributed by atoms with Crippen LogP contribution in [0.2, 0.25) is 0 Å². The van der Waals surface area contributed by atoms with E-state index in [1.54, 1.807) is 24.9 Å². The maximum atomic E-state index is 9.95. The van der Waals surface area contributed by atoms with Crippen LogP contribution in [-0.2, 0) is 4.74 Å². The van der Waals surface area contributed by atoms with Crippen LogP contribution in [-0.4, -0.2) is 12.7 Å². The molecule has 1 heterocycles. The van der Waals surface area contributed by atoms with E-state index in [-0.39, 0.29) is 0 Å². The summed E-state index contributed by atoms with van der Waals surface area (Å²) in [5.74, 6) is 4.63. The van der Waals surface area contributed by atoms with Crippen LogP contribution in [0.5, 0.6) is 0 Å². The van der Waals surface area contributed by atoms with E-state index >= 15 is 0 Å². The van der Waals surface area contributed by atoms with Crippen LogP contribution in [0.3, 0.4) is 0 Å². The van der Waals surface area contributed by atoms with Gasteiger partial charge in [0.2, 0.25) is 0 Å². The fraction of sp³-hybridized carbons (Fsp3) is 0.286. The lowest BCUT2D eigenvalue weighted by Crippen LogP contribution is -2.30. The lowest BCUT2D eigenvalue weighted by Gasteiger charge is -1.95. The topological polar surface area (TPSA) is 77.5 Å². The van der Waals surface area contributed by atoms with Crippen LogP contribution in [0.25, 0.3) is 0 Å². The largest absolute Gasteiger partial charge is 0.473 e. The molecule has 0 aromatic carbocycles. The van der Waals surface area contributed by atoms with E-state index in [0.717, 1.165) is 0 Å². The van der Waals surface area contributed by atoms with E-state index in [4.69, 9.17) is 0 Å². The summed E-state index contributed by atoms with van der Waals surface area (Å²) in [4.78, 5) is 9.95. The number of amides is 1. The zero-order valence-corrected chi connectivity index (χ0v) is 6.82. The molecule has 0 fully saturated rings. The van der Waals surface area contributed by atoms with Crippen LogP contribution in [0.15, 0.2) is 29.1 Å². The monoisotopic (exact) mass is 172 g/mol. The normalized spacial score (nSPS) is 7.83. The number of carbonyl (C=O) groups excluding carboxylic acids is 1. The number of nitrogens with one attached hydrogen (secondary N) is 1. The number of hydrogen-bond acceptors (Lipinski definition) is 4. The standard InChI is InChI=1S/C4H4O.C3H8N2O2/c1-2-4-5-3-1;1-2-7-3(6)5-4/h1-4H;2,4H2,1H3,(H,5,6). The first-order valence-corrected chi connectivity index (χ1v) is 3.41. The van der Waals surface area contributed by atoms with Gasteiger partial charge in [0.05, 0.1) is 19.1 Å². The van der Waals surface area contributed by atoms with Crippen molar-refractivity contribution in [3.05, 3.63) is 24.7 Å². The Morgan fingerprint density at radius 3 is 2.33 bits per heavy atom. The molecule has 0 radical (unpaired) electrons. The van der Waals surface area contributed by atoms with E-state index < -0.39 is 6.09 Å². The van der Waals surface area contributed by atoms with Gasteiger partial charge < -0.3 is 9.15 Å². The van der Waals surface area contributed by atoms with Crippen molar-refractivity contribution in [1.82, 2.24) is 5.43 Å². The summed E-state index contributed by atoms with van der Waals surface area (Å²) >= 11 is 0. The Hall–Kier alpha value is -1.49. The zero-order valence-electron chi connectivity index (χ0n) is 6.82. The molecule has 0 unspecified atom stereocenters. The summed E-state index contributed by atoms with van der Waals surface area (Å²) in [7, 11) is 0.